The van der Waals surface area contributed by atoms with Crippen LogP contribution in [0.2, 0.25) is 0 Å². The molecule has 1 fully saturated rings. The molecule has 3 atom stereocenters. The quantitative estimate of drug-likeness (QED) is 0.579. The van der Waals surface area contributed by atoms with Crippen molar-refractivity contribution >= 4 is 0 Å². The molecule has 0 bridgehead atoms. The summed E-state index contributed by atoms with van der Waals surface area (Å²) in [5.41, 5.74) is 0. The molecule has 0 aromatic carbocycles. The largest absolute Gasteiger partial charge is 0.321 e. The van der Waals surface area contributed by atoms with Crippen LogP contribution in [0, 0.1) is 11.8 Å². The van der Waals surface area contributed by atoms with Gasteiger partial charge in [0.05, 0.1) is 25.7 Å². The van der Waals surface area contributed by atoms with Gasteiger partial charge in [0.2, 0.25) is 0 Å². The molecule has 1 heterocycles. The van der Waals surface area contributed by atoms with E-state index in [9.17, 15) is 0 Å². The normalized spacial score (nSPS) is 39.0. The number of hydrogen-bond donors (Lipinski definition) is 0. The van der Waals surface area contributed by atoms with E-state index < -0.39 is 0 Å². The molecular formula is C12H26N+. The van der Waals surface area contributed by atoms with Crippen LogP contribution in [0.3, 0.4) is 0 Å². The third-order valence-electron chi connectivity index (χ3n) is 4.40. The van der Waals surface area contributed by atoms with Crippen molar-refractivity contribution in [3.63, 3.8) is 0 Å². The van der Waals surface area contributed by atoms with Gasteiger partial charge in [-0.3, -0.25) is 0 Å². The molecule has 78 valence electrons. The first kappa shape index (κ1) is 11.0. The van der Waals surface area contributed by atoms with Crippen LogP contribution in [0.4, 0.5) is 0 Å². The van der Waals surface area contributed by atoms with Crippen molar-refractivity contribution < 1.29 is 4.48 Å². The van der Waals surface area contributed by atoms with Crippen LogP contribution in [-0.4, -0.2) is 30.2 Å². The maximum absolute atomic E-state index is 2.45. The first-order valence-corrected chi connectivity index (χ1v) is 5.91. The van der Waals surface area contributed by atoms with Crippen molar-refractivity contribution in [2.45, 2.75) is 47.1 Å². The van der Waals surface area contributed by atoms with Crippen LogP contribution in [0.5, 0.6) is 0 Å². The number of hydrogen-bond acceptors (Lipinski definition) is 0. The summed E-state index contributed by atoms with van der Waals surface area (Å²) in [7, 11) is 0. The number of quaternary nitrogens is 1. The highest BCUT2D eigenvalue weighted by Crippen LogP contribution is 2.32. The summed E-state index contributed by atoms with van der Waals surface area (Å²) in [5.74, 6) is 1.83. The van der Waals surface area contributed by atoms with E-state index in [0.29, 0.717) is 0 Å². The minimum atomic E-state index is 0.867. The Balaban J connectivity index is 2.80. The third kappa shape index (κ3) is 1.90. The minimum absolute atomic E-state index is 0.867. The van der Waals surface area contributed by atoms with Gasteiger partial charge in [-0.1, -0.05) is 13.8 Å². The van der Waals surface area contributed by atoms with Crippen LogP contribution in [0.15, 0.2) is 0 Å². The topological polar surface area (TPSA) is 0 Å². The lowest BCUT2D eigenvalue weighted by atomic mass is 9.83. The monoisotopic (exact) mass is 184 g/mol. The highest BCUT2D eigenvalue weighted by Gasteiger charge is 2.40. The van der Waals surface area contributed by atoms with Gasteiger partial charge in [0.1, 0.15) is 0 Å². The number of piperidine rings is 1. The predicted molar refractivity (Wildman–Crippen MR) is 58.6 cm³/mol. The SMILES string of the molecule is CC[N+]1(CC)CC(C)CC(C)C1C. The van der Waals surface area contributed by atoms with Crippen molar-refractivity contribution in [1.82, 2.24) is 0 Å². The summed E-state index contributed by atoms with van der Waals surface area (Å²) in [4.78, 5) is 0. The van der Waals surface area contributed by atoms with E-state index in [2.05, 4.69) is 34.6 Å². The van der Waals surface area contributed by atoms with Crippen LogP contribution >= 0.6 is 0 Å². The van der Waals surface area contributed by atoms with Gasteiger partial charge < -0.3 is 4.48 Å². The van der Waals surface area contributed by atoms with Crippen molar-refractivity contribution in [3.8, 4) is 0 Å². The van der Waals surface area contributed by atoms with Gasteiger partial charge in [-0.25, -0.2) is 0 Å². The molecule has 1 heteroatoms. The highest BCUT2D eigenvalue weighted by atomic mass is 15.4. The van der Waals surface area contributed by atoms with E-state index in [-0.39, 0.29) is 0 Å². The van der Waals surface area contributed by atoms with Gasteiger partial charge in [-0.15, -0.1) is 0 Å². The van der Waals surface area contributed by atoms with E-state index >= 15 is 0 Å². The zero-order valence-corrected chi connectivity index (χ0v) is 10.0. The fraction of sp³-hybridized carbons (Fsp3) is 1.00. The molecule has 1 aliphatic heterocycles. The first-order valence-electron chi connectivity index (χ1n) is 5.91. The van der Waals surface area contributed by atoms with Crippen LogP contribution < -0.4 is 0 Å². The van der Waals surface area contributed by atoms with E-state index in [4.69, 9.17) is 0 Å². The van der Waals surface area contributed by atoms with E-state index in [1.54, 1.807) is 0 Å². The summed E-state index contributed by atoms with van der Waals surface area (Å²) in [6.07, 6.45) is 1.43. The van der Waals surface area contributed by atoms with Gasteiger partial charge in [0.25, 0.3) is 0 Å². The van der Waals surface area contributed by atoms with Crippen molar-refractivity contribution in [3.05, 3.63) is 0 Å². The van der Waals surface area contributed by atoms with Crippen LogP contribution in [-0.2, 0) is 0 Å². The number of rotatable bonds is 2. The summed E-state index contributed by atoms with van der Waals surface area (Å²) in [6, 6.07) is 0.867. The average Bonchev–Trinajstić information content (AvgIpc) is 2.11. The highest BCUT2D eigenvalue weighted by molar-refractivity contribution is 4.73. The van der Waals surface area contributed by atoms with Gasteiger partial charge in [-0.05, 0) is 27.2 Å². The van der Waals surface area contributed by atoms with Crippen LogP contribution in [0.25, 0.3) is 0 Å². The Labute approximate surface area is 83.7 Å². The minimum Gasteiger partial charge on any atom is -0.321 e. The summed E-state index contributed by atoms with van der Waals surface area (Å²) in [6.45, 7) is 16.0. The number of likely N-dealkylation sites (tertiary alicyclic amines) is 1. The molecule has 1 rings (SSSR count). The molecule has 0 aromatic heterocycles. The molecular weight excluding hydrogens is 158 g/mol. The van der Waals surface area contributed by atoms with Gasteiger partial charge >= 0.3 is 0 Å². The summed E-state index contributed by atoms with van der Waals surface area (Å²) < 4.78 is 1.35. The lowest BCUT2D eigenvalue weighted by molar-refractivity contribution is -0.957. The zero-order chi connectivity index (χ0) is 10.1. The Bertz CT molecular complexity index is 161. The van der Waals surface area contributed by atoms with E-state index in [1.807, 2.05) is 0 Å². The standard InChI is InChI=1S/C12H26N/c1-6-13(7-2)9-10(3)8-11(4)12(13)5/h10-12H,6-9H2,1-5H3/q+1. The van der Waals surface area contributed by atoms with Crippen molar-refractivity contribution in [1.29, 1.82) is 0 Å². The number of nitrogens with zero attached hydrogens (tertiary/aromatic N) is 1. The van der Waals surface area contributed by atoms with E-state index in [0.717, 1.165) is 17.9 Å². The zero-order valence-electron chi connectivity index (χ0n) is 10.0. The Kier molecular flexibility index (Phi) is 3.39. The lowest BCUT2D eigenvalue weighted by Gasteiger charge is -2.50. The molecule has 0 aromatic rings. The van der Waals surface area contributed by atoms with Crippen molar-refractivity contribution in [2.24, 2.45) is 11.8 Å². The molecule has 0 amide bonds. The Hall–Kier alpha value is -0.0400. The molecule has 0 aliphatic carbocycles. The molecule has 1 aliphatic rings. The molecule has 3 unspecified atom stereocenters. The predicted octanol–water partition coefficient (Wildman–Crippen LogP) is 2.91. The maximum Gasteiger partial charge on any atom is 0.0887 e. The average molecular weight is 184 g/mol. The second-order valence-corrected chi connectivity index (χ2v) is 5.09. The fourth-order valence-corrected chi connectivity index (χ4v) is 3.29. The summed E-state index contributed by atoms with van der Waals surface area (Å²) >= 11 is 0. The van der Waals surface area contributed by atoms with Crippen LogP contribution in [0.1, 0.15) is 41.0 Å². The Morgan fingerprint density at radius 1 is 1.08 bits per heavy atom. The maximum atomic E-state index is 2.45. The fourth-order valence-electron chi connectivity index (χ4n) is 3.29. The Morgan fingerprint density at radius 3 is 2.08 bits per heavy atom. The molecule has 0 radical (unpaired) electrons. The Morgan fingerprint density at radius 2 is 1.62 bits per heavy atom. The molecule has 0 saturated carbocycles. The summed E-state index contributed by atoms with van der Waals surface area (Å²) in [5, 5.41) is 0. The molecule has 1 saturated heterocycles. The molecule has 13 heavy (non-hydrogen) atoms. The molecule has 1 nitrogen and oxygen atoms in total. The second-order valence-electron chi connectivity index (χ2n) is 5.09. The smallest absolute Gasteiger partial charge is 0.0887 e. The van der Waals surface area contributed by atoms with Gasteiger partial charge in [-0.2, -0.15) is 0 Å². The van der Waals surface area contributed by atoms with E-state index in [1.165, 1.54) is 30.5 Å². The van der Waals surface area contributed by atoms with Crippen molar-refractivity contribution in [2.75, 3.05) is 19.6 Å². The van der Waals surface area contributed by atoms with Gasteiger partial charge in [0, 0.05) is 11.8 Å². The van der Waals surface area contributed by atoms with Gasteiger partial charge in [0.15, 0.2) is 0 Å². The lowest BCUT2D eigenvalue weighted by Crippen LogP contribution is -2.61. The molecule has 0 spiro atoms. The second kappa shape index (κ2) is 4.00. The molecule has 0 N–H and O–H groups in total. The first-order chi connectivity index (χ1) is 6.05. The third-order valence-corrected chi connectivity index (χ3v) is 4.40.